The fourth-order valence-corrected chi connectivity index (χ4v) is 4.69. The molecule has 1 aliphatic rings. The Kier molecular flexibility index (Phi) is 7.72. The number of Topliss-reactive ketones (excluding diaryl/α,β-unsaturated/α-hetero) is 1. The van der Waals surface area contributed by atoms with Crippen LogP contribution < -0.4 is 10.2 Å². The molecule has 1 N–H and O–H groups in total. The van der Waals surface area contributed by atoms with E-state index < -0.39 is 5.25 Å². The minimum Gasteiger partial charge on any atom is -0.335 e. The second-order valence-electron chi connectivity index (χ2n) is 8.04. The van der Waals surface area contributed by atoms with Crippen LogP contribution in [-0.2, 0) is 16.0 Å². The molecule has 1 aliphatic heterocycles. The summed E-state index contributed by atoms with van der Waals surface area (Å²) in [7, 11) is 0. The van der Waals surface area contributed by atoms with E-state index in [9.17, 15) is 18.8 Å². The zero-order chi connectivity index (χ0) is 24.8. The van der Waals surface area contributed by atoms with Gasteiger partial charge >= 0.3 is 0 Å². The summed E-state index contributed by atoms with van der Waals surface area (Å²) in [5.74, 6) is -1.10. The Bertz CT molecular complexity index is 1240. The third-order valence-electron chi connectivity index (χ3n) is 5.49. The molecule has 4 rings (SSSR count). The summed E-state index contributed by atoms with van der Waals surface area (Å²) in [6.07, 6.45) is 0.739. The van der Waals surface area contributed by atoms with Gasteiger partial charge in [0.1, 0.15) is 11.1 Å². The molecule has 0 saturated carbocycles. The van der Waals surface area contributed by atoms with Gasteiger partial charge in [0.2, 0.25) is 11.8 Å². The van der Waals surface area contributed by atoms with E-state index >= 15 is 0 Å². The monoisotopic (exact) mass is 489 g/mol. The smallest absolute Gasteiger partial charge is 0.247 e. The number of ketones is 1. The quantitative estimate of drug-likeness (QED) is 0.216. The van der Waals surface area contributed by atoms with Crippen LogP contribution in [-0.4, -0.2) is 34.6 Å². The average molecular weight is 490 g/mol. The van der Waals surface area contributed by atoms with Crippen LogP contribution in [0, 0.1) is 5.82 Å². The summed E-state index contributed by atoms with van der Waals surface area (Å²) in [5.41, 5.74) is 2.71. The molecule has 8 heteroatoms. The highest BCUT2D eigenvalue weighted by atomic mass is 32.2. The maximum Gasteiger partial charge on any atom is 0.247 e. The van der Waals surface area contributed by atoms with Gasteiger partial charge in [-0.1, -0.05) is 42.1 Å². The van der Waals surface area contributed by atoms with Gasteiger partial charge in [0.15, 0.2) is 11.0 Å². The van der Waals surface area contributed by atoms with Crippen molar-refractivity contribution in [3.8, 4) is 0 Å². The van der Waals surface area contributed by atoms with Crippen molar-refractivity contribution in [3.05, 3.63) is 95.8 Å². The van der Waals surface area contributed by atoms with E-state index in [0.717, 1.165) is 10.5 Å². The molecule has 6 nitrogen and oxygen atoms in total. The lowest BCUT2D eigenvalue weighted by Crippen LogP contribution is -2.31. The molecule has 1 saturated heterocycles. The zero-order valence-corrected chi connectivity index (χ0v) is 19.9. The van der Waals surface area contributed by atoms with Crippen LogP contribution in [0.5, 0.6) is 0 Å². The molecule has 3 aromatic rings. The van der Waals surface area contributed by atoms with Gasteiger partial charge in [-0.25, -0.2) is 9.29 Å². The largest absolute Gasteiger partial charge is 0.335 e. The van der Waals surface area contributed by atoms with Crippen molar-refractivity contribution in [2.75, 3.05) is 16.8 Å². The number of amidine groups is 1. The van der Waals surface area contributed by atoms with E-state index in [4.69, 9.17) is 0 Å². The zero-order valence-electron chi connectivity index (χ0n) is 19.1. The predicted octanol–water partition coefficient (Wildman–Crippen LogP) is 5.10. The van der Waals surface area contributed by atoms with Gasteiger partial charge in [0.05, 0.1) is 5.69 Å². The van der Waals surface area contributed by atoms with E-state index in [1.165, 1.54) is 30.8 Å². The number of carbonyl (C=O) groups excluding carboxylic acids is 3. The number of benzene rings is 3. The number of nitrogens with zero attached hydrogens (tertiary/aromatic N) is 2. The standard InChI is InChI=1S/C27H24FN3O3S/c1-18(32)20-7-13-23(14-8-20)31-25(33)17-24(26(31)34)35-27(30-22-11-9-21(28)10-12-22)29-16-15-19-5-3-2-4-6-19/h2-14,24H,15-17H2,1H3,(H,29,30)/t24-/m0/s1. The van der Waals surface area contributed by atoms with Crippen molar-refractivity contribution in [1.82, 2.24) is 0 Å². The Hall–Kier alpha value is -3.78. The van der Waals surface area contributed by atoms with Crippen molar-refractivity contribution >= 4 is 45.9 Å². The Balaban J connectivity index is 1.50. The summed E-state index contributed by atoms with van der Waals surface area (Å²) in [5, 5.41) is 2.98. The number of rotatable bonds is 7. The molecule has 0 spiro atoms. The van der Waals surface area contributed by atoms with E-state index in [1.54, 1.807) is 36.4 Å². The van der Waals surface area contributed by atoms with Crippen LogP contribution in [0.25, 0.3) is 0 Å². The van der Waals surface area contributed by atoms with Crippen LogP contribution in [0.3, 0.4) is 0 Å². The van der Waals surface area contributed by atoms with Crippen LogP contribution in [0.4, 0.5) is 15.8 Å². The Morgan fingerprint density at radius 3 is 2.37 bits per heavy atom. The molecular formula is C27H24FN3O3S. The number of amides is 2. The first-order valence-electron chi connectivity index (χ1n) is 11.2. The fourth-order valence-electron chi connectivity index (χ4n) is 3.64. The van der Waals surface area contributed by atoms with Gasteiger partial charge < -0.3 is 5.32 Å². The van der Waals surface area contributed by atoms with E-state index in [-0.39, 0.29) is 29.8 Å². The number of aliphatic imine (C=N–C) groups is 1. The van der Waals surface area contributed by atoms with Crippen molar-refractivity contribution in [3.63, 3.8) is 0 Å². The summed E-state index contributed by atoms with van der Waals surface area (Å²) < 4.78 is 13.3. The Morgan fingerprint density at radius 1 is 1.03 bits per heavy atom. The number of carbonyl (C=O) groups is 3. The normalized spacial score (nSPS) is 16.0. The highest BCUT2D eigenvalue weighted by Crippen LogP contribution is 2.31. The third kappa shape index (κ3) is 6.22. The first kappa shape index (κ1) is 24.3. The summed E-state index contributed by atoms with van der Waals surface area (Å²) in [6, 6.07) is 22.2. The molecule has 1 heterocycles. The van der Waals surface area contributed by atoms with Gasteiger partial charge in [-0.3, -0.25) is 19.4 Å². The topological polar surface area (TPSA) is 78.8 Å². The van der Waals surface area contributed by atoms with Crippen molar-refractivity contribution in [2.45, 2.75) is 25.0 Å². The summed E-state index contributed by atoms with van der Waals surface area (Å²) in [6.45, 7) is 1.94. The molecule has 1 fully saturated rings. The van der Waals surface area contributed by atoms with Crippen LogP contribution in [0.15, 0.2) is 83.9 Å². The van der Waals surface area contributed by atoms with E-state index in [2.05, 4.69) is 10.3 Å². The van der Waals surface area contributed by atoms with Gasteiger partial charge in [0, 0.05) is 24.2 Å². The average Bonchev–Trinajstić information content (AvgIpc) is 3.13. The Morgan fingerprint density at radius 2 is 1.71 bits per heavy atom. The molecule has 35 heavy (non-hydrogen) atoms. The molecule has 2 amide bonds. The Labute approximate surface area is 207 Å². The molecule has 0 aromatic heterocycles. The number of anilines is 2. The number of halogens is 1. The molecule has 0 bridgehead atoms. The van der Waals surface area contributed by atoms with Crippen LogP contribution in [0.2, 0.25) is 0 Å². The highest BCUT2D eigenvalue weighted by Gasteiger charge is 2.40. The van der Waals surface area contributed by atoms with Crippen LogP contribution >= 0.6 is 11.8 Å². The maximum absolute atomic E-state index is 13.3. The first-order chi connectivity index (χ1) is 16.9. The van der Waals surface area contributed by atoms with Gasteiger partial charge in [-0.05, 0) is 67.4 Å². The summed E-state index contributed by atoms with van der Waals surface area (Å²) in [4.78, 5) is 43.2. The van der Waals surface area contributed by atoms with E-state index in [0.29, 0.717) is 35.1 Å². The minimum atomic E-state index is -0.654. The summed E-state index contributed by atoms with van der Waals surface area (Å²) >= 11 is 1.18. The molecule has 0 radical (unpaired) electrons. The lowest BCUT2D eigenvalue weighted by atomic mass is 10.1. The van der Waals surface area contributed by atoms with Crippen molar-refractivity contribution < 1.29 is 18.8 Å². The number of hydrogen-bond acceptors (Lipinski definition) is 5. The second-order valence-corrected chi connectivity index (χ2v) is 9.23. The van der Waals surface area contributed by atoms with Gasteiger partial charge in [-0.2, -0.15) is 0 Å². The fraction of sp³-hybridized carbons (Fsp3) is 0.185. The highest BCUT2D eigenvalue weighted by molar-refractivity contribution is 8.15. The molecule has 0 aliphatic carbocycles. The lowest BCUT2D eigenvalue weighted by molar-refractivity contribution is -0.121. The molecule has 0 unspecified atom stereocenters. The number of imide groups is 1. The number of thioether (sulfide) groups is 1. The minimum absolute atomic E-state index is 0.0285. The number of nitrogens with one attached hydrogen (secondary N) is 1. The van der Waals surface area contributed by atoms with E-state index in [1.807, 2.05) is 30.3 Å². The van der Waals surface area contributed by atoms with Gasteiger partial charge in [-0.15, -0.1) is 0 Å². The lowest BCUT2D eigenvalue weighted by Gasteiger charge is -2.16. The second kappa shape index (κ2) is 11.1. The third-order valence-corrected chi connectivity index (χ3v) is 6.59. The van der Waals surface area contributed by atoms with Crippen molar-refractivity contribution in [1.29, 1.82) is 0 Å². The first-order valence-corrected chi connectivity index (χ1v) is 12.0. The van der Waals surface area contributed by atoms with Crippen molar-refractivity contribution in [2.24, 2.45) is 4.99 Å². The molecule has 1 atom stereocenters. The number of hydrogen-bond donors (Lipinski definition) is 1. The molecule has 178 valence electrons. The van der Waals surface area contributed by atoms with Crippen LogP contribution in [0.1, 0.15) is 29.3 Å². The molecule has 3 aromatic carbocycles. The molecular weight excluding hydrogens is 465 g/mol. The van der Waals surface area contributed by atoms with Gasteiger partial charge in [0.25, 0.3) is 0 Å². The SMILES string of the molecule is CC(=O)c1ccc(N2C(=O)C[C@H](SC(=NCCc3ccccc3)Nc3ccc(F)cc3)C2=O)cc1. The predicted molar refractivity (Wildman–Crippen MR) is 137 cm³/mol. The maximum atomic E-state index is 13.3.